The Labute approximate surface area is 143 Å². The van der Waals surface area contributed by atoms with Crippen molar-refractivity contribution in [2.75, 3.05) is 20.7 Å². The monoisotopic (exact) mass is 328 g/mol. The fraction of sp³-hybridized carbons (Fsp3) is 0.389. The molecular weight excluding hydrogens is 304 g/mol. The average molecular weight is 328 g/mol. The van der Waals surface area contributed by atoms with Gasteiger partial charge in [-0.1, -0.05) is 12.1 Å². The van der Waals surface area contributed by atoms with Crippen molar-refractivity contribution in [1.82, 2.24) is 19.9 Å². The van der Waals surface area contributed by atoms with Crippen molar-refractivity contribution >= 4 is 0 Å². The molecule has 0 saturated heterocycles. The van der Waals surface area contributed by atoms with Crippen LogP contribution in [0.1, 0.15) is 18.4 Å². The van der Waals surface area contributed by atoms with E-state index in [-0.39, 0.29) is 6.10 Å². The van der Waals surface area contributed by atoms with Gasteiger partial charge in [0.15, 0.2) is 0 Å². The lowest BCUT2D eigenvalue weighted by Crippen LogP contribution is -2.33. The molecule has 0 spiro atoms. The van der Waals surface area contributed by atoms with E-state index in [4.69, 9.17) is 9.47 Å². The van der Waals surface area contributed by atoms with E-state index in [0.717, 1.165) is 25.9 Å². The molecule has 6 nitrogen and oxygen atoms in total. The van der Waals surface area contributed by atoms with Crippen molar-refractivity contribution in [3.63, 3.8) is 0 Å². The molecule has 0 amide bonds. The molecule has 0 fully saturated rings. The molecule has 128 valence electrons. The van der Waals surface area contributed by atoms with Gasteiger partial charge in [0, 0.05) is 25.5 Å². The van der Waals surface area contributed by atoms with Crippen LogP contribution in [0.25, 0.3) is 0 Å². The number of rotatable bonds is 10. The SMILES string of the molecule is C=CCC[C@@H](CN(C)Cc1cccnc1)Oc1cc(OC)ncn1. The molecule has 1 atom stereocenters. The lowest BCUT2D eigenvalue weighted by molar-refractivity contribution is 0.131. The molecule has 0 aliphatic carbocycles. The van der Waals surface area contributed by atoms with Crippen molar-refractivity contribution < 1.29 is 9.47 Å². The zero-order chi connectivity index (χ0) is 17.2. The van der Waals surface area contributed by atoms with E-state index in [1.165, 1.54) is 11.9 Å². The Kier molecular flexibility index (Phi) is 7.17. The third-order valence-electron chi connectivity index (χ3n) is 3.50. The summed E-state index contributed by atoms with van der Waals surface area (Å²) in [6.07, 6.45) is 8.76. The number of aromatic nitrogens is 3. The van der Waals surface area contributed by atoms with Gasteiger partial charge < -0.3 is 9.47 Å². The van der Waals surface area contributed by atoms with E-state index >= 15 is 0 Å². The lowest BCUT2D eigenvalue weighted by Gasteiger charge is -2.24. The van der Waals surface area contributed by atoms with Crippen molar-refractivity contribution in [2.24, 2.45) is 0 Å². The third kappa shape index (κ3) is 5.96. The van der Waals surface area contributed by atoms with E-state index in [2.05, 4.69) is 39.5 Å². The number of pyridine rings is 1. The standard InChI is InChI=1S/C18H24N4O2/c1-4-5-8-16(24-18-10-17(23-3)20-14-21-18)13-22(2)12-15-7-6-9-19-11-15/h4,6-7,9-11,14,16H,1,5,8,12-13H2,2-3H3/t16-/m0/s1. The van der Waals surface area contributed by atoms with Crippen LogP contribution in [0.15, 0.2) is 49.6 Å². The second-order valence-corrected chi connectivity index (χ2v) is 5.56. The van der Waals surface area contributed by atoms with Gasteiger partial charge in [0.05, 0.1) is 13.2 Å². The van der Waals surface area contributed by atoms with Gasteiger partial charge in [0.1, 0.15) is 12.4 Å². The highest BCUT2D eigenvalue weighted by Gasteiger charge is 2.15. The third-order valence-corrected chi connectivity index (χ3v) is 3.50. The summed E-state index contributed by atoms with van der Waals surface area (Å²) in [5, 5.41) is 0. The number of nitrogens with zero attached hydrogens (tertiary/aromatic N) is 4. The fourth-order valence-electron chi connectivity index (χ4n) is 2.38. The minimum atomic E-state index is 0.00396. The van der Waals surface area contributed by atoms with Gasteiger partial charge in [-0.2, -0.15) is 0 Å². The predicted octanol–water partition coefficient (Wildman–Crippen LogP) is 2.73. The van der Waals surface area contributed by atoms with Crippen LogP contribution in [0.5, 0.6) is 11.8 Å². The molecule has 0 bridgehead atoms. The Balaban J connectivity index is 1.97. The van der Waals surface area contributed by atoms with Gasteiger partial charge in [0.2, 0.25) is 11.8 Å². The van der Waals surface area contributed by atoms with Crippen LogP contribution >= 0.6 is 0 Å². The predicted molar refractivity (Wildman–Crippen MR) is 93.0 cm³/mol. The van der Waals surface area contributed by atoms with Gasteiger partial charge in [-0.3, -0.25) is 9.88 Å². The van der Waals surface area contributed by atoms with Crippen molar-refractivity contribution in [3.8, 4) is 11.8 Å². The number of hydrogen-bond acceptors (Lipinski definition) is 6. The van der Waals surface area contributed by atoms with Crippen LogP contribution in [0.3, 0.4) is 0 Å². The summed E-state index contributed by atoms with van der Waals surface area (Å²) in [5.41, 5.74) is 1.17. The first kappa shape index (κ1) is 17.9. The second-order valence-electron chi connectivity index (χ2n) is 5.56. The largest absolute Gasteiger partial charge is 0.481 e. The van der Waals surface area contributed by atoms with Crippen LogP contribution in [0, 0.1) is 0 Å². The quantitative estimate of drug-likeness (QED) is 0.625. The molecule has 0 aliphatic heterocycles. The maximum absolute atomic E-state index is 6.03. The summed E-state index contributed by atoms with van der Waals surface area (Å²) < 4.78 is 11.1. The molecule has 0 aliphatic rings. The first-order valence-corrected chi connectivity index (χ1v) is 7.92. The van der Waals surface area contributed by atoms with E-state index < -0.39 is 0 Å². The maximum Gasteiger partial charge on any atom is 0.220 e. The lowest BCUT2D eigenvalue weighted by atomic mass is 10.1. The fourth-order valence-corrected chi connectivity index (χ4v) is 2.38. The normalized spacial score (nSPS) is 12.0. The van der Waals surface area contributed by atoms with Gasteiger partial charge in [-0.15, -0.1) is 6.58 Å². The van der Waals surface area contributed by atoms with Gasteiger partial charge >= 0.3 is 0 Å². The van der Waals surface area contributed by atoms with E-state index in [0.29, 0.717) is 11.8 Å². The molecule has 2 heterocycles. The second kappa shape index (κ2) is 9.62. The summed E-state index contributed by atoms with van der Waals surface area (Å²) in [6.45, 7) is 5.38. The van der Waals surface area contributed by atoms with Gasteiger partial charge in [0.25, 0.3) is 0 Å². The number of hydrogen-bond donors (Lipinski definition) is 0. The van der Waals surface area contributed by atoms with E-state index in [1.807, 2.05) is 18.3 Å². The van der Waals surface area contributed by atoms with Gasteiger partial charge in [-0.05, 0) is 31.5 Å². The van der Waals surface area contributed by atoms with E-state index in [1.54, 1.807) is 19.4 Å². The molecule has 2 aromatic rings. The Morgan fingerprint density at radius 3 is 2.88 bits per heavy atom. The van der Waals surface area contributed by atoms with Crippen LogP contribution in [0.2, 0.25) is 0 Å². The number of likely N-dealkylation sites (N-methyl/N-ethyl adjacent to an activating group) is 1. The Bertz CT molecular complexity index is 621. The molecular formula is C18H24N4O2. The molecule has 6 heteroatoms. The Morgan fingerprint density at radius 1 is 1.33 bits per heavy atom. The number of ether oxygens (including phenoxy) is 2. The average Bonchev–Trinajstić information content (AvgIpc) is 2.60. The van der Waals surface area contributed by atoms with Crippen LogP contribution in [-0.2, 0) is 6.54 Å². The Hall–Kier alpha value is -2.47. The highest BCUT2D eigenvalue weighted by Crippen LogP contribution is 2.16. The van der Waals surface area contributed by atoms with E-state index in [9.17, 15) is 0 Å². The minimum absolute atomic E-state index is 0.00396. The number of methoxy groups -OCH3 is 1. The van der Waals surface area contributed by atoms with Crippen LogP contribution in [0.4, 0.5) is 0 Å². The first-order valence-electron chi connectivity index (χ1n) is 7.92. The zero-order valence-corrected chi connectivity index (χ0v) is 14.3. The van der Waals surface area contributed by atoms with Crippen LogP contribution < -0.4 is 9.47 Å². The maximum atomic E-state index is 6.03. The summed E-state index contributed by atoms with van der Waals surface area (Å²) in [4.78, 5) is 14.5. The summed E-state index contributed by atoms with van der Waals surface area (Å²) in [6, 6.07) is 5.71. The van der Waals surface area contributed by atoms with Crippen molar-refractivity contribution in [2.45, 2.75) is 25.5 Å². The molecule has 2 aromatic heterocycles. The molecule has 0 unspecified atom stereocenters. The minimum Gasteiger partial charge on any atom is -0.481 e. The number of allylic oxidation sites excluding steroid dienone is 1. The summed E-state index contributed by atoms with van der Waals surface area (Å²) in [7, 11) is 3.64. The molecule has 2 rings (SSSR count). The summed E-state index contributed by atoms with van der Waals surface area (Å²) >= 11 is 0. The van der Waals surface area contributed by atoms with Crippen LogP contribution in [-0.4, -0.2) is 46.7 Å². The molecule has 0 saturated carbocycles. The highest BCUT2D eigenvalue weighted by atomic mass is 16.5. The molecule has 24 heavy (non-hydrogen) atoms. The van der Waals surface area contributed by atoms with Crippen molar-refractivity contribution in [1.29, 1.82) is 0 Å². The first-order chi connectivity index (χ1) is 11.7. The van der Waals surface area contributed by atoms with Crippen molar-refractivity contribution in [3.05, 3.63) is 55.1 Å². The Morgan fingerprint density at radius 2 is 2.17 bits per heavy atom. The smallest absolute Gasteiger partial charge is 0.220 e. The highest BCUT2D eigenvalue weighted by molar-refractivity contribution is 5.18. The van der Waals surface area contributed by atoms with Gasteiger partial charge in [-0.25, -0.2) is 9.97 Å². The molecule has 0 aromatic carbocycles. The molecule has 0 N–H and O–H groups in total. The summed E-state index contributed by atoms with van der Waals surface area (Å²) in [5.74, 6) is 1.01. The topological polar surface area (TPSA) is 60.4 Å². The zero-order valence-electron chi connectivity index (χ0n) is 14.3. The molecule has 0 radical (unpaired) electrons.